The van der Waals surface area contributed by atoms with E-state index in [-0.39, 0.29) is 18.2 Å². The van der Waals surface area contributed by atoms with Gasteiger partial charge >= 0.3 is 6.03 Å². The topological polar surface area (TPSA) is 52.6 Å². The number of aliphatic hydroxyl groups is 1. The molecule has 1 aliphatic carbocycles. The molecule has 0 aromatic heterocycles. The fraction of sp³-hybridized carbons (Fsp3) is 0.909. The van der Waals surface area contributed by atoms with Gasteiger partial charge < -0.3 is 15.3 Å². The average molecular weight is 212 g/mol. The van der Waals surface area contributed by atoms with Crippen LogP contribution in [-0.2, 0) is 0 Å². The lowest BCUT2D eigenvalue weighted by Crippen LogP contribution is -2.55. The number of aliphatic hydroxyl groups excluding tert-OH is 1. The summed E-state index contributed by atoms with van der Waals surface area (Å²) in [5, 5.41) is 12.4. The molecule has 4 nitrogen and oxygen atoms in total. The molecule has 2 unspecified atom stereocenters. The number of hydrogen-bond acceptors (Lipinski definition) is 2. The van der Waals surface area contributed by atoms with E-state index in [1.807, 2.05) is 4.90 Å². The van der Waals surface area contributed by atoms with Gasteiger partial charge in [-0.2, -0.15) is 0 Å². The van der Waals surface area contributed by atoms with Crippen LogP contribution in [0, 0.1) is 5.92 Å². The van der Waals surface area contributed by atoms with E-state index < -0.39 is 0 Å². The SMILES string of the molecule is CC1CCCC(CO)(N2CCNC2=O)C1. The van der Waals surface area contributed by atoms with Gasteiger partial charge in [-0.25, -0.2) is 4.79 Å². The highest BCUT2D eigenvalue weighted by molar-refractivity contribution is 5.77. The zero-order chi connectivity index (χ0) is 10.9. The van der Waals surface area contributed by atoms with Crippen LogP contribution in [0.25, 0.3) is 0 Å². The summed E-state index contributed by atoms with van der Waals surface area (Å²) in [5.41, 5.74) is -0.280. The standard InChI is InChI=1S/C11H20N2O2/c1-9-3-2-4-11(7-9,8-14)13-6-5-12-10(13)15/h9,14H,2-8H2,1H3,(H,12,15). The highest BCUT2D eigenvalue weighted by Crippen LogP contribution is 2.37. The van der Waals surface area contributed by atoms with E-state index in [2.05, 4.69) is 12.2 Å². The predicted octanol–water partition coefficient (Wildman–Crippen LogP) is 0.953. The molecule has 0 aromatic carbocycles. The van der Waals surface area contributed by atoms with Crippen molar-refractivity contribution >= 4 is 6.03 Å². The molecule has 0 aromatic rings. The Morgan fingerprint density at radius 3 is 3.00 bits per heavy atom. The van der Waals surface area contributed by atoms with Gasteiger partial charge in [-0.15, -0.1) is 0 Å². The smallest absolute Gasteiger partial charge is 0.318 e. The van der Waals surface area contributed by atoms with Gasteiger partial charge in [0.2, 0.25) is 0 Å². The van der Waals surface area contributed by atoms with Crippen molar-refractivity contribution in [3.63, 3.8) is 0 Å². The molecule has 2 fully saturated rings. The first kappa shape index (κ1) is 10.7. The lowest BCUT2D eigenvalue weighted by atomic mass is 9.76. The van der Waals surface area contributed by atoms with Gasteiger partial charge in [0.25, 0.3) is 0 Å². The normalized spacial score (nSPS) is 36.8. The van der Waals surface area contributed by atoms with Crippen LogP contribution in [0.15, 0.2) is 0 Å². The fourth-order valence-corrected chi connectivity index (χ4v) is 3.03. The quantitative estimate of drug-likeness (QED) is 0.716. The molecule has 2 N–H and O–H groups in total. The number of nitrogens with one attached hydrogen (secondary N) is 1. The van der Waals surface area contributed by atoms with Crippen LogP contribution < -0.4 is 5.32 Å². The minimum absolute atomic E-state index is 0.00171. The average Bonchev–Trinajstić information content (AvgIpc) is 2.65. The second-order valence-corrected chi connectivity index (χ2v) is 4.97. The molecular formula is C11H20N2O2. The molecule has 4 heteroatoms. The van der Waals surface area contributed by atoms with Crippen LogP contribution in [0.2, 0.25) is 0 Å². The van der Waals surface area contributed by atoms with E-state index in [1.165, 1.54) is 6.42 Å². The molecule has 86 valence electrons. The molecule has 1 heterocycles. The Morgan fingerprint density at radius 1 is 1.67 bits per heavy atom. The lowest BCUT2D eigenvalue weighted by molar-refractivity contribution is 0.0239. The maximum Gasteiger partial charge on any atom is 0.318 e. The van der Waals surface area contributed by atoms with E-state index >= 15 is 0 Å². The van der Waals surface area contributed by atoms with Crippen LogP contribution in [-0.4, -0.2) is 41.3 Å². The summed E-state index contributed by atoms with van der Waals surface area (Å²) in [5.74, 6) is 0.610. The van der Waals surface area contributed by atoms with Crippen LogP contribution in [0.1, 0.15) is 32.6 Å². The first-order valence-corrected chi connectivity index (χ1v) is 5.84. The third-order valence-corrected chi connectivity index (χ3v) is 3.79. The van der Waals surface area contributed by atoms with Gasteiger partial charge in [-0.3, -0.25) is 0 Å². The third-order valence-electron chi connectivity index (χ3n) is 3.79. The van der Waals surface area contributed by atoms with E-state index in [9.17, 15) is 9.90 Å². The van der Waals surface area contributed by atoms with Crippen molar-refractivity contribution in [1.82, 2.24) is 10.2 Å². The lowest BCUT2D eigenvalue weighted by Gasteiger charge is -2.44. The van der Waals surface area contributed by atoms with Crippen molar-refractivity contribution in [2.45, 2.75) is 38.1 Å². The van der Waals surface area contributed by atoms with Gasteiger partial charge in [0, 0.05) is 13.1 Å². The Balaban J connectivity index is 2.16. The number of urea groups is 1. The van der Waals surface area contributed by atoms with Crippen LogP contribution in [0.4, 0.5) is 4.79 Å². The Morgan fingerprint density at radius 2 is 2.47 bits per heavy atom. The maximum absolute atomic E-state index is 11.6. The number of hydrogen-bond donors (Lipinski definition) is 2. The fourth-order valence-electron chi connectivity index (χ4n) is 3.03. The largest absolute Gasteiger partial charge is 0.394 e. The highest BCUT2D eigenvalue weighted by atomic mass is 16.3. The van der Waals surface area contributed by atoms with Crippen LogP contribution in [0.3, 0.4) is 0 Å². The Bertz CT molecular complexity index is 257. The molecule has 2 amide bonds. The Hall–Kier alpha value is -0.770. The minimum atomic E-state index is -0.280. The second-order valence-electron chi connectivity index (χ2n) is 4.97. The monoisotopic (exact) mass is 212 g/mol. The summed E-state index contributed by atoms with van der Waals surface area (Å²) < 4.78 is 0. The molecule has 2 rings (SSSR count). The number of nitrogens with zero attached hydrogens (tertiary/aromatic N) is 1. The van der Waals surface area contributed by atoms with E-state index in [4.69, 9.17) is 0 Å². The van der Waals surface area contributed by atoms with Crippen LogP contribution >= 0.6 is 0 Å². The summed E-state index contributed by atoms with van der Waals surface area (Å²) in [6.07, 6.45) is 4.22. The van der Waals surface area contributed by atoms with Gasteiger partial charge in [0.15, 0.2) is 0 Å². The third kappa shape index (κ3) is 1.83. The molecule has 0 bridgehead atoms. The zero-order valence-corrected chi connectivity index (χ0v) is 9.33. The number of rotatable bonds is 2. The first-order valence-electron chi connectivity index (χ1n) is 5.84. The van der Waals surface area contributed by atoms with E-state index in [0.717, 1.165) is 32.4 Å². The molecule has 0 radical (unpaired) electrons. The molecule has 2 atom stereocenters. The van der Waals surface area contributed by atoms with Crippen molar-refractivity contribution in [2.24, 2.45) is 5.92 Å². The highest BCUT2D eigenvalue weighted by Gasteiger charge is 2.43. The summed E-state index contributed by atoms with van der Waals surface area (Å²) in [6.45, 7) is 3.77. The summed E-state index contributed by atoms with van der Waals surface area (Å²) in [6, 6.07) is -0.00171. The molecule has 15 heavy (non-hydrogen) atoms. The van der Waals surface area contributed by atoms with Crippen molar-refractivity contribution in [3.05, 3.63) is 0 Å². The zero-order valence-electron chi connectivity index (χ0n) is 9.33. The number of amides is 2. The van der Waals surface area contributed by atoms with Gasteiger partial charge in [-0.1, -0.05) is 19.8 Å². The van der Waals surface area contributed by atoms with Gasteiger partial charge in [0.05, 0.1) is 12.1 Å². The van der Waals surface area contributed by atoms with Gasteiger partial charge in [0.1, 0.15) is 0 Å². The Labute approximate surface area is 90.6 Å². The van der Waals surface area contributed by atoms with Crippen molar-refractivity contribution in [2.75, 3.05) is 19.7 Å². The first-order chi connectivity index (χ1) is 7.18. The molecule has 1 saturated carbocycles. The molecular weight excluding hydrogens is 192 g/mol. The summed E-state index contributed by atoms with van der Waals surface area (Å²) in [7, 11) is 0. The summed E-state index contributed by atoms with van der Waals surface area (Å²) >= 11 is 0. The molecule has 2 aliphatic rings. The van der Waals surface area contributed by atoms with E-state index in [1.54, 1.807) is 0 Å². The van der Waals surface area contributed by atoms with Crippen molar-refractivity contribution < 1.29 is 9.90 Å². The second kappa shape index (κ2) is 4.00. The molecule has 1 saturated heterocycles. The number of carbonyl (C=O) groups excluding carboxylic acids is 1. The van der Waals surface area contributed by atoms with Crippen LogP contribution in [0.5, 0.6) is 0 Å². The molecule has 1 aliphatic heterocycles. The summed E-state index contributed by atoms with van der Waals surface area (Å²) in [4.78, 5) is 13.5. The molecule has 0 spiro atoms. The van der Waals surface area contributed by atoms with Crippen molar-refractivity contribution in [3.8, 4) is 0 Å². The maximum atomic E-state index is 11.6. The van der Waals surface area contributed by atoms with E-state index in [0.29, 0.717) is 5.92 Å². The Kier molecular flexibility index (Phi) is 2.87. The van der Waals surface area contributed by atoms with Gasteiger partial charge in [-0.05, 0) is 18.8 Å². The number of carbonyl (C=O) groups is 1. The predicted molar refractivity (Wildman–Crippen MR) is 57.6 cm³/mol. The van der Waals surface area contributed by atoms with Crippen molar-refractivity contribution in [1.29, 1.82) is 0 Å². The minimum Gasteiger partial charge on any atom is -0.394 e.